The molecule has 3 rings (SSSR count). The summed E-state index contributed by atoms with van der Waals surface area (Å²) in [6.07, 6.45) is 3.88. The molecule has 0 aliphatic carbocycles. The second-order valence-corrected chi connectivity index (χ2v) is 5.69. The Labute approximate surface area is 137 Å². The second kappa shape index (κ2) is 6.79. The highest BCUT2D eigenvalue weighted by atomic mass is 19.1. The summed E-state index contributed by atoms with van der Waals surface area (Å²) in [4.78, 5) is 23.1. The van der Waals surface area contributed by atoms with Gasteiger partial charge in [-0.1, -0.05) is 12.1 Å². The molecule has 1 aliphatic heterocycles. The van der Waals surface area contributed by atoms with E-state index in [9.17, 15) is 14.0 Å². The van der Waals surface area contributed by atoms with Gasteiger partial charge in [-0.2, -0.15) is 5.10 Å². The third-order valence-corrected chi connectivity index (χ3v) is 4.03. The van der Waals surface area contributed by atoms with E-state index in [1.165, 1.54) is 23.1 Å². The van der Waals surface area contributed by atoms with E-state index in [1.807, 2.05) is 0 Å². The molecule has 2 heterocycles. The van der Waals surface area contributed by atoms with Crippen LogP contribution < -0.4 is 10.6 Å². The van der Waals surface area contributed by atoms with Crippen molar-refractivity contribution in [3.63, 3.8) is 0 Å². The average molecular weight is 332 g/mol. The monoisotopic (exact) mass is 332 g/mol. The molecule has 2 aromatic rings. The normalized spacial score (nSPS) is 20.5. The number of benzene rings is 1. The van der Waals surface area contributed by atoms with Crippen molar-refractivity contribution in [2.24, 2.45) is 5.92 Å². The predicted molar refractivity (Wildman–Crippen MR) is 84.3 cm³/mol. The molecule has 0 bridgehead atoms. The van der Waals surface area contributed by atoms with Crippen molar-refractivity contribution in [2.75, 3.05) is 11.9 Å². The van der Waals surface area contributed by atoms with Gasteiger partial charge in [-0.05, 0) is 25.0 Å². The van der Waals surface area contributed by atoms with Crippen LogP contribution >= 0.6 is 0 Å². The summed E-state index contributed by atoms with van der Waals surface area (Å²) in [5.74, 6) is -1.83. The molecule has 1 saturated heterocycles. The summed E-state index contributed by atoms with van der Waals surface area (Å²) in [5, 5.41) is 18.6. The van der Waals surface area contributed by atoms with Crippen LogP contribution in [0.1, 0.15) is 12.8 Å². The SMILES string of the molecule is O=C(Nc1cnn(-c2ccccc2F)c1)C1CCC(C(=O)O)NC1. The second-order valence-electron chi connectivity index (χ2n) is 5.69. The van der Waals surface area contributed by atoms with Crippen LogP contribution in [0.5, 0.6) is 0 Å². The number of anilines is 1. The van der Waals surface area contributed by atoms with Crippen LogP contribution in [-0.4, -0.2) is 39.4 Å². The highest BCUT2D eigenvalue weighted by Gasteiger charge is 2.29. The summed E-state index contributed by atoms with van der Waals surface area (Å²) < 4.78 is 15.1. The zero-order chi connectivity index (χ0) is 17.1. The van der Waals surface area contributed by atoms with Crippen molar-refractivity contribution in [1.29, 1.82) is 0 Å². The summed E-state index contributed by atoms with van der Waals surface area (Å²) in [6, 6.07) is 5.61. The van der Waals surface area contributed by atoms with E-state index in [2.05, 4.69) is 15.7 Å². The molecule has 7 nitrogen and oxygen atoms in total. The number of carbonyl (C=O) groups excluding carboxylic acids is 1. The van der Waals surface area contributed by atoms with Gasteiger partial charge in [-0.25, -0.2) is 9.07 Å². The highest BCUT2D eigenvalue weighted by Crippen LogP contribution is 2.19. The first kappa shape index (κ1) is 16.1. The Balaban J connectivity index is 1.62. The predicted octanol–water partition coefficient (Wildman–Crippen LogP) is 1.40. The lowest BCUT2D eigenvalue weighted by Gasteiger charge is -2.26. The van der Waals surface area contributed by atoms with Gasteiger partial charge >= 0.3 is 5.97 Å². The van der Waals surface area contributed by atoms with E-state index in [4.69, 9.17) is 5.11 Å². The first-order valence-corrected chi connectivity index (χ1v) is 7.61. The number of nitrogens with zero attached hydrogens (tertiary/aromatic N) is 2. The Morgan fingerprint density at radius 2 is 2.12 bits per heavy atom. The molecular formula is C16H17FN4O3. The largest absolute Gasteiger partial charge is 0.480 e. The number of amides is 1. The van der Waals surface area contributed by atoms with Crippen LogP contribution in [0.2, 0.25) is 0 Å². The molecule has 0 saturated carbocycles. The molecule has 1 amide bonds. The third-order valence-electron chi connectivity index (χ3n) is 4.03. The number of carboxylic acids is 1. The van der Waals surface area contributed by atoms with E-state index in [0.29, 0.717) is 30.8 Å². The topological polar surface area (TPSA) is 96.2 Å². The minimum Gasteiger partial charge on any atom is -0.480 e. The van der Waals surface area contributed by atoms with Crippen LogP contribution in [-0.2, 0) is 9.59 Å². The van der Waals surface area contributed by atoms with Gasteiger partial charge in [0.1, 0.15) is 17.5 Å². The average Bonchev–Trinajstić information content (AvgIpc) is 3.03. The quantitative estimate of drug-likeness (QED) is 0.786. The number of hydrogen-bond acceptors (Lipinski definition) is 4. The smallest absolute Gasteiger partial charge is 0.320 e. The Bertz CT molecular complexity index is 753. The molecule has 1 aromatic carbocycles. The number of hydrogen-bond donors (Lipinski definition) is 3. The first-order chi connectivity index (χ1) is 11.5. The van der Waals surface area contributed by atoms with Crippen molar-refractivity contribution < 1.29 is 19.1 Å². The number of carboxylic acid groups (broad SMARTS) is 1. The third kappa shape index (κ3) is 3.43. The molecule has 1 aromatic heterocycles. The van der Waals surface area contributed by atoms with E-state index in [1.54, 1.807) is 18.2 Å². The number of carbonyl (C=O) groups is 2. The number of para-hydroxylation sites is 1. The van der Waals surface area contributed by atoms with Gasteiger partial charge in [0.05, 0.1) is 24.0 Å². The molecule has 1 aliphatic rings. The Hall–Kier alpha value is -2.74. The molecule has 126 valence electrons. The Kier molecular flexibility index (Phi) is 4.57. The maximum absolute atomic E-state index is 13.7. The fourth-order valence-corrected chi connectivity index (χ4v) is 2.69. The fraction of sp³-hybridized carbons (Fsp3) is 0.312. The van der Waals surface area contributed by atoms with Crippen LogP contribution in [0.15, 0.2) is 36.7 Å². The highest BCUT2D eigenvalue weighted by molar-refractivity contribution is 5.92. The molecule has 24 heavy (non-hydrogen) atoms. The molecule has 3 N–H and O–H groups in total. The van der Waals surface area contributed by atoms with Gasteiger partial charge in [-0.3, -0.25) is 9.59 Å². The zero-order valence-corrected chi connectivity index (χ0v) is 12.8. The lowest BCUT2D eigenvalue weighted by atomic mass is 9.94. The molecule has 0 spiro atoms. The van der Waals surface area contributed by atoms with Gasteiger partial charge in [0.2, 0.25) is 5.91 Å². The Morgan fingerprint density at radius 3 is 2.79 bits per heavy atom. The van der Waals surface area contributed by atoms with Crippen molar-refractivity contribution in [1.82, 2.24) is 15.1 Å². The summed E-state index contributed by atoms with van der Waals surface area (Å²) >= 11 is 0. The van der Waals surface area contributed by atoms with Crippen molar-refractivity contribution in [3.8, 4) is 5.69 Å². The molecule has 0 radical (unpaired) electrons. The van der Waals surface area contributed by atoms with Crippen molar-refractivity contribution in [3.05, 3.63) is 42.5 Å². The number of aromatic nitrogens is 2. The van der Waals surface area contributed by atoms with Gasteiger partial charge in [-0.15, -0.1) is 0 Å². The first-order valence-electron chi connectivity index (χ1n) is 7.61. The molecule has 2 unspecified atom stereocenters. The van der Waals surface area contributed by atoms with Gasteiger partial charge < -0.3 is 15.7 Å². The minimum atomic E-state index is -0.903. The zero-order valence-electron chi connectivity index (χ0n) is 12.8. The number of nitrogens with one attached hydrogen (secondary N) is 2. The lowest BCUT2D eigenvalue weighted by molar-refractivity contribution is -0.141. The molecule has 1 fully saturated rings. The maximum atomic E-state index is 13.7. The number of rotatable bonds is 4. The van der Waals surface area contributed by atoms with E-state index in [0.717, 1.165) is 0 Å². The molecular weight excluding hydrogens is 315 g/mol. The minimum absolute atomic E-state index is 0.209. The van der Waals surface area contributed by atoms with E-state index < -0.39 is 17.8 Å². The maximum Gasteiger partial charge on any atom is 0.320 e. The number of aliphatic carboxylic acids is 1. The van der Waals surface area contributed by atoms with E-state index in [-0.39, 0.29) is 11.8 Å². The fourth-order valence-electron chi connectivity index (χ4n) is 2.69. The number of halogens is 1. The molecule has 2 atom stereocenters. The van der Waals surface area contributed by atoms with Crippen molar-refractivity contribution in [2.45, 2.75) is 18.9 Å². The van der Waals surface area contributed by atoms with Gasteiger partial charge in [0.15, 0.2) is 0 Å². The summed E-state index contributed by atoms with van der Waals surface area (Å²) in [6.45, 7) is 0.310. The lowest BCUT2D eigenvalue weighted by Crippen LogP contribution is -2.46. The van der Waals surface area contributed by atoms with Gasteiger partial charge in [0.25, 0.3) is 0 Å². The van der Waals surface area contributed by atoms with Crippen LogP contribution in [0.3, 0.4) is 0 Å². The van der Waals surface area contributed by atoms with Crippen LogP contribution in [0.4, 0.5) is 10.1 Å². The van der Waals surface area contributed by atoms with Crippen LogP contribution in [0, 0.1) is 11.7 Å². The summed E-state index contributed by atoms with van der Waals surface area (Å²) in [7, 11) is 0. The molecule has 8 heteroatoms. The van der Waals surface area contributed by atoms with Crippen molar-refractivity contribution >= 4 is 17.6 Å². The standard InChI is InChI=1S/C16H17FN4O3/c17-12-3-1-2-4-14(12)21-9-11(8-19-21)20-15(22)10-5-6-13(16(23)24)18-7-10/h1-4,8-10,13,18H,5-7H2,(H,20,22)(H,23,24). The van der Waals surface area contributed by atoms with Gasteiger partial charge in [0, 0.05) is 6.54 Å². The Morgan fingerprint density at radius 1 is 1.33 bits per heavy atom. The summed E-state index contributed by atoms with van der Waals surface area (Å²) in [5.41, 5.74) is 0.755. The number of piperidine rings is 1. The van der Waals surface area contributed by atoms with Crippen LogP contribution in [0.25, 0.3) is 5.69 Å². The van der Waals surface area contributed by atoms with E-state index >= 15 is 0 Å².